The van der Waals surface area contributed by atoms with Gasteiger partial charge in [0, 0.05) is 38.3 Å². The lowest BCUT2D eigenvalue weighted by Gasteiger charge is -2.38. The van der Waals surface area contributed by atoms with Crippen LogP contribution in [-0.4, -0.2) is 55.1 Å². The molecule has 0 amide bonds. The molecular formula is C12H25N3. The van der Waals surface area contributed by atoms with Gasteiger partial charge in [0.15, 0.2) is 0 Å². The number of hydrogen-bond acceptors (Lipinski definition) is 3. The second-order valence-corrected chi connectivity index (χ2v) is 5.27. The van der Waals surface area contributed by atoms with Crippen LogP contribution in [0, 0.1) is 0 Å². The van der Waals surface area contributed by atoms with E-state index < -0.39 is 0 Å². The topological polar surface area (TPSA) is 32.5 Å². The summed E-state index contributed by atoms with van der Waals surface area (Å²) < 4.78 is 0. The number of piperazine rings is 1. The van der Waals surface area contributed by atoms with Gasteiger partial charge in [-0.05, 0) is 26.3 Å². The van der Waals surface area contributed by atoms with E-state index in [4.69, 9.17) is 5.73 Å². The van der Waals surface area contributed by atoms with E-state index in [9.17, 15) is 0 Å². The van der Waals surface area contributed by atoms with Gasteiger partial charge in [0.25, 0.3) is 0 Å². The molecule has 1 saturated heterocycles. The minimum absolute atomic E-state index is 0.456. The zero-order valence-electron chi connectivity index (χ0n) is 9.99. The third-order valence-electron chi connectivity index (χ3n) is 3.99. The van der Waals surface area contributed by atoms with Crippen LogP contribution < -0.4 is 5.73 Å². The van der Waals surface area contributed by atoms with E-state index in [1.807, 2.05) is 0 Å². The zero-order valence-corrected chi connectivity index (χ0v) is 9.99. The molecule has 0 aromatic rings. The van der Waals surface area contributed by atoms with E-state index in [1.54, 1.807) is 0 Å². The summed E-state index contributed by atoms with van der Waals surface area (Å²) >= 11 is 0. The van der Waals surface area contributed by atoms with Gasteiger partial charge in [-0.15, -0.1) is 0 Å². The van der Waals surface area contributed by atoms with Crippen LogP contribution >= 0.6 is 0 Å². The van der Waals surface area contributed by atoms with Gasteiger partial charge in [0.1, 0.15) is 0 Å². The third-order valence-corrected chi connectivity index (χ3v) is 3.99. The lowest BCUT2D eigenvalue weighted by Crippen LogP contribution is -2.49. The minimum atomic E-state index is 0.456. The Morgan fingerprint density at radius 1 is 1.00 bits per heavy atom. The monoisotopic (exact) mass is 211 g/mol. The van der Waals surface area contributed by atoms with Crippen molar-refractivity contribution in [1.29, 1.82) is 0 Å². The summed E-state index contributed by atoms with van der Waals surface area (Å²) in [7, 11) is 2.22. The van der Waals surface area contributed by atoms with Crippen LogP contribution in [0.3, 0.4) is 0 Å². The van der Waals surface area contributed by atoms with Crippen molar-refractivity contribution in [3.05, 3.63) is 0 Å². The predicted molar refractivity (Wildman–Crippen MR) is 63.9 cm³/mol. The quantitative estimate of drug-likeness (QED) is 0.654. The smallest absolute Gasteiger partial charge is 0.0113 e. The Hall–Kier alpha value is -0.120. The van der Waals surface area contributed by atoms with Crippen molar-refractivity contribution in [3.8, 4) is 0 Å². The average molecular weight is 211 g/mol. The first-order valence-corrected chi connectivity index (χ1v) is 6.44. The molecular weight excluding hydrogens is 186 g/mol. The lowest BCUT2D eigenvalue weighted by molar-refractivity contribution is 0.101. The summed E-state index contributed by atoms with van der Waals surface area (Å²) in [6, 6.07) is 1.23. The first kappa shape index (κ1) is 11.4. The first-order chi connectivity index (χ1) is 7.25. The molecule has 1 aliphatic heterocycles. The summed E-state index contributed by atoms with van der Waals surface area (Å²) in [5.41, 5.74) is 6.12. The van der Waals surface area contributed by atoms with Crippen molar-refractivity contribution < 1.29 is 0 Å². The average Bonchev–Trinajstić information content (AvgIpc) is 2.44. The van der Waals surface area contributed by atoms with Gasteiger partial charge in [0.05, 0.1) is 0 Å². The van der Waals surface area contributed by atoms with Gasteiger partial charge in [0.2, 0.25) is 0 Å². The molecule has 15 heavy (non-hydrogen) atoms. The minimum Gasteiger partial charge on any atom is -0.328 e. The van der Waals surface area contributed by atoms with Crippen LogP contribution in [0.5, 0.6) is 0 Å². The number of rotatable bonds is 1. The highest BCUT2D eigenvalue weighted by molar-refractivity contribution is 4.83. The van der Waals surface area contributed by atoms with E-state index in [2.05, 4.69) is 16.8 Å². The fraction of sp³-hybridized carbons (Fsp3) is 1.00. The summed E-state index contributed by atoms with van der Waals surface area (Å²) in [6.45, 7) is 4.94. The van der Waals surface area contributed by atoms with Gasteiger partial charge >= 0.3 is 0 Å². The fourth-order valence-electron chi connectivity index (χ4n) is 2.89. The Labute approximate surface area is 93.6 Å². The number of likely N-dealkylation sites (N-methyl/N-ethyl adjacent to an activating group) is 1. The Kier molecular flexibility index (Phi) is 4.00. The standard InChI is InChI=1S/C12H25N3/c1-14-6-8-15(9-7-14)12-5-3-2-4-11(13)10-12/h11-12H,2-10,13H2,1H3. The van der Waals surface area contributed by atoms with Crippen molar-refractivity contribution >= 4 is 0 Å². The maximum atomic E-state index is 6.12. The molecule has 1 saturated carbocycles. The van der Waals surface area contributed by atoms with Gasteiger partial charge in [-0.2, -0.15) is 0 Å². The van der Waals surface area contributed by atoms with Crippen LogP contribution in [0.15, 0.2) is 0 Å². The highest BCUT2D eigenvalue weighted by atomic mass is 15.3. The van der Waals surface area contributed by atoms with E-state index in [0.29, 0.717) is 6.04 Å². The maximum Gasteiger partial charge on any atom is 0.0113 e. The van der Waals surface area contributed by atoms with E-state index in [-0.39, 0.29) is 0 Å². The van der Waals surface area contributed by atoms with Crippen LogP contribution in [0.1, 0.15) is 32.1 Å². The van der Waals surface area contributed by atoms with Crippen LogP contribution in [-0.2, 0) is 0 Å². The Bertz CT molecular complexity index is 187. The molecule has 2 fully saturated rings. The van der Waals surface area contributed by atoms with Crippen LogP contribution in [0.25, 0.3) is 0 Å². The Balaban J connectivity index is 1.85. The molecule has 0 aromatic heterocycles. The van der Waals surface area contributed by atoms with Gasteiger partial charge in [-0.25, -0.2) is 0 Å². The predicted octanol–water partition coefficient (Wildman–Crippen LogP) is 0.894. The van der Waals surface area contributed by atoms with E-state index in [0.717, 1.165) is 6.04 Å². The van der Waals surface area contributed by atoms with Crippen molar-refractivity contribution in [3.63, 3.8) is 0 Å². The fourth-order valence-corrected chi connectivity index (χ4v) is 2.89. The highest BCUT2D eigenvalue weighted by Crippen LogP contribution is 2.22. The summed E-state index contributed by atoms with van der Waals surface area (Å²) in [4.78, 5) is 5.10. The van der Waals surface area contributed by atoms with Crippen molar-refractivity contribution in [1.82, 2.24) is 9.80 Å². The molecule has 0 bridgehead atoms. The molecule has 2 N–H and O–H groups in total. The Morgan fingerprint density at radius 3 is 2.40 bits per heavy atom. The van der Waals surface area contributed by atoms with Gasteiger partial charge in [-0.1, -0.05) is 12.8 Å². The number of nitrogens with zero attached hydrogens (tertiary/aromatic N) is 2. The maximum absolute atomic E-state index is 6.12. The highest BCUT2D eigenvalue weighted by Gasteiger charge is 2.25. The number of nitrogens with two attached hydrogens (primary N) is 1. The van der Waals surface area contributed by atoms with Crippen LogP contribution in [0.4, 0.5) is 0 Å². The van der Waals surface area contributed by atoms with E-state index >= 15 is 0 Å². The largest absolute Gasteiger partial charge is 0.328 e. The SMILES string of the molecule is CN1CCN(C2CCCCC(N)C2)CC1. The second kappa shape index (κ2) is 5.28. The molecule has 2 unspecified atom stereocenters. The molecule has 2 aliphatic rings. The van der Waals surface area contributed by atoms with Crippen LogP contribution in [0.2, 0.25) is 0 Å². The van der Waals surface area contributed by atoms with Gasteiger partial charge in [-0.3, -0.25) is 4.90 Å². The molecule has 0 aromatic carbocycles. The first-order valence-electron chi connectivity index (χ1n) is 6.44. The molecule has 0 spiro atoms. The second-order valence-electron chi connectivity index (χ2n) is 5.27. The summed E-state index contributed by atoms with van der Waals surface area (Å²) in [5.74, 6) is 0. The zero-order chi connectivity index (χ0) is 10.7. The van der Waals surface area contributed by atoms with Crippen molar-refractivity contribution in [2.75, 3.05) is 33.2 Å². The molecule has 3 nitrogen and oxygen atoms in total. The van der Waals surface area contributed by atoms with Gasteiger partial charge < -0.3 is 10.6 Å². The van der Waals surface area contributed by atoms with Crippen molar-refractivity contribution in [2.45, 2.75) is 44.2 Å². The third kappa shape index (κ3) is 3.16. The number of hydrogen-bond donors (Lipinski definition) is 1. The Morgan fingerprint density at radius 2 is 1.67 bits per heavy atom. The molecule has 88 valence electrons. The normalized spacial score (nSPS) is 36.4. The lowest BCUT2D eigenvalue weighted by atomic mass is 10.0. The summed E-state index contributed by atoms with van der Waals surface area (Å²) in [5, 5.41) is 0. The molecule has 1 aliphatic carbocycles. The summed E-state index contributed by atoms with van der Waals surface area (Å²) in [6.07, 6.45) is 6.56. The molecule has 2 rings (SSSR count). The molecule has 3 heteroatoms. The molecule has 1 heterocycles. The van der Waals surface area contributed by atoms with Crippen molar-refractivity contribution in [2.24, 2.45) is 5.73 Å². The molecule has 0 radical (unpaired) electrons. The van der Waals surface area contributed by atoms with E-state index in [1.165, 1.54) is 58.3 Å². The molecule has 2 atom stereocenters.